The molecule has 33 heavy (non-hydrogen) atoms. The second-order valence-corrected chi connectivity index (χ2v) is 18.1. The van der Waals surface area contributed by atoms with E-state index in [9.17, 15) is 5.11 Å². The molecule has 4 aliphatic carbocycles. The van der Waals surface area contributed by atoms with Crippen molar-refractivity contribution in [2.45, 2.75) is 134 Å². The van der Waals surface area contributed by atoms with Gasteiger partial charge in [0.1, 0.15) is 0 Å². The van der Waals surface area contributed by atoms with Gasteiger partial charge in [-0.1, -0.05) is 53.9 Å². The van der Waals surface area contributed by atoms with Gasteiger partial charge in [0.15, 0.2) is 8.35 Å². The SMILES string of the molecule is CC(C)CCC[C@@H](C)[C@H]1CC[C@H]2[C@@H]3CC[C@H]4C[C@](O)(CCC5C[I+]5)CC[C@]4(C)[C@H]3CC[C@]12C. The molecule has 1 nitrogen and oxygen atoms in total. The second kappa shape index (κ2) is 9.53. The van der Waals surface area contributed by atoms with E-state index >= 15 is 0 Å². The molecule has 4 saturated carbocycles. The van der Waals surface area contributed by atoms with Crippen LogP contribution in [-0.4, -0.2) is 19.1 Å². The van der Waals surface area contributed by atoms with Crippen LogP contribution in [0.1, 0.15) is 125 Å². The Morgan fingerprint density at radius 2 is 1.64 bits per heavy atom. The zero-order valence-electron chi connectivity index (χ0n) is 22.6. The van der Waals surface area contributed by atoms with E-state index in [2.05, 4.69) is 34.6 Å². The predicted molar refractivity (Wildman–Crippen MR) is 136 cm³/mol. The van der Waals surface area contributed by atoms with E-state index in [0.29, 0.717) is 32.0 Å². The Hall–Kier alpha value is 0.690. The Labute approximate surface area is 216 Å². The highest BCUT2D eigenvalue weighted by molar-refractivity contribution is 5.11. The molecule has 1 N–H and O–H groups in total. The first-order valence-corrected chi connectivity index (χ1v) is 17.7. The quantitative estimate of drug-likeness (QED) is 0.319. The van der Waals surface area contributed by atoms with Gasteiger partial charge in [-0.05, 0) is 116 Å². The molecular formula is C31H54IO+. The zero-order valence-corrected chi connectivity index (χ0v) is 24.7. The maximum absolute atomic E-state index is 11.5. The van der Waals surface area contributed by atoms with Gasteiger partial charge in [-0.2, -0.15) is 0 Å². The first-order chi connectivity index (χ1) is 15.6. The van der Waals surface area contributed by atoms with Crippen molar-refractivity contribution in [3.05, 3.63) is 0 Å². The topological polar surface area (TPSA) is 20.2 Å². The zero-order chi connectivity index (χ0) is 23.4. The van der Waals surface area contributed by atoms with Gasteiger partial charge < -0.3 is 5.11 Å². The molecule has 0 aromatic rings. The summed E-state index contributed by atoms with van der Waals surface area (Å²) >= 11 is 0.547. The van der Waals surface area contributed by atoms with E-state index in [1.807, 2.05) is 0 Å². The van der Waals surface area contributed by atoms with E-state index in [4.69, 9.17) is 0 Å². The van der Waals surface area contributed by atoms with Crippen molar-refractivity contribution >= 4 is 0 Å². The maximum Gasteiger partial charge on any atom is 0.281 e. The molecule has 5 rings (SSSR count). The Morgan fingerprint density at radius 3 is 2.36 bits per heavy atom. The van der Waals surface area contributed by atoms with E-state index in [1.54, 1.807) is 0 Å². The minimum Gasteiger partial charge on any atom is -0.390 e. The Bertz CT molecular complexity index is 686. The van der Waals surface area contributed by atoms with Crippen LogP contribution >= 0.6 is 0 Å². The number of rotatable bonds is 8. The van der Waals surface area contributed by atoms with Gasteiger partial charge in [-0.3, -0.25) is 0 Å². The summed E-state index contributed by atoms with van der Waals surface area (Å²) in [5, 5.41) is 11.5. The standard InChI is InChI=1S/C31H54IO/c1-21(2)7-6-8-22(3)26-11-12-27-25-10-9-23-19-31(33,16-13-24-20-32-24)18-17-29(23,4)28(25)14-15-30(26,27)5/h21-28,33H,6-20H2,1-5H3/q+1/t22-,23+,24?,25+,26-,27+,28+,29+,30-,31+/m1/s1. The summed E-state index contributed by atoms with van der Waals surface area (Å²) in [5.41, 5.74) is 0.824. The van der Waals surface area contributed by atoms with Crippen LogP contribution < -0.4 is 21.2 Å². The molecule has 1 aliphatic heterocycles. The Balaban J connectivity index is 1.24. The summed E-state index contributed by atoms with van der Waals surface area (Å²) in [6.45, 7) is 12.8. The molecule has 0 amide bonds. The normalized spacial score (nSPS) is 49.9. The van der Waals surface area contributed by atoms with Crippen molar-refractivity contribution < 1.29 is 26.3 Å². The van der Waals surface area contributed by atoms with Crippen LogP contribution in [0.2, 0.25) is 0 Å². The average Bonchev–Trinajstić information content (AvgIpc) is 3.52. The molecular weight excluding hydrogens is 515 g/mol. The molecule has 190 valence electrons. The van der Waals surface area contributed by atoms with Crippen LogP contribution in [0, 0.1) is 52.3 Å². The fourth-order valence-electron chi connectivity index (χ4n) is 10.2. The van der Waals surface area contributed by atoms with Crippen LogP contribution in [0.3, 0.4) is 0 Å². The molecule has 2 heteroatoms. The number of aliphatic hydroxyl groups is 1. The van der Waals surface area contributed by atoms with E-state index in [-0.39, 0.29) is 5.60 Å². The van der Waals surface area contributed by atoms with Crippen molar-refractivity contribution in [3.8, 4) is 0 Å². The molecule has 1 saturated heterocycles. The highest BCUT2D eigenvalue weighted by Crippen LogP contribution is 2.69. The number of fused-ring (bicyclic) bond motifs is 5. The van der Waals surface area contributed by atoms with Crippen LogP contribution in [0.4, 0.5) is 0 Å². The smallest absolute Gasteiger partial charge is 0.281 e. The highest BCUT2D eigenvalue weighted by Gasteiger charge is 2.61. The van der Waals surface area contributed by atoms with Crippen LogP contribution in [0.25, 0.3) is 0 Å². The van der Waals surface area contributed by atoms with Gasteiger partial charge in [0.25, 0.3) is 21.2 Å². The Kier molecular flexibility index (Phi) is 7.32. The van der Waals surface area contributed by atoms with Gasteiger partial charge in [-0.15, -0.1) is 0 Å². The number of halogens is 1. The van der Waals surface area contributed by atoms with Crippen LogP contribution in [0.15, 0.2) is 0 Å². The molecule has 0 bridgehead atoms. The van der Waals surface area contributed by atoms with E-state index in [0.717, 1.165) is 64.6 Å². The summed E-state index contributed by atoms with van der Waals surface area (Å²) in [4.78, 5) is 0. The van der Waals surface area contributed by atoms with Gasteiger partial charge in [-0.25, -0.2) is 0 Å². The molecule has 5 aliphatic rings. The summed E-state index contributed by atoms with van der Waals surface area (Å²) in [6.07, 6.45) is 19.2. The lowest BCUT2D eigenvalue weighted by Gasteiger charge is -2.62. The monoisotopic (exact) mass is 569 g/mol. The van der Waals surface area contributed by atoms with Crippen LogP contribution in [-0.2, 0) is 0 Å². The number of alkyl halides is 2. The lowest BCUT2D eigenvalue weighted by Crippen LogP contribution is -3.48. The largest absolute Gasteiger partial charge is 0.390 e. The summed E-state index contributed by atoms with van der Waals surface area (Å²) in [6, 6.07) is 0. The fraction of sp³-hybridized carbons (Fsp3) is 1.00. The molecule has 0 radical (unpaired) electrons. The van der Waals surface area contributed by atoms with E-state index in [1.165, 1.54) is 75.1 Å². The van der Waals surface area contributed by atoms with Gasteiger partial charge in [0.05, 0.1) is 5.60 Å². The minimum atomic E-state index is -0.309. The third-order valence-electron chi connectivity index (χ3n) is 12.3. The highest BCUT2D eigenvalue weighted by atomic mass is 127. The molecule has 0 aromatic carbocycles. The first kappa shape index (κ1) is 25.3. The summed E-state index contributed by atoms with van der Waals surface area (Å²) in [7, 11) is 0. The summed E-state index contributed by atoms with van der Waals surface area (Å²) in [5.74, 6) is 6.47. The van der Waals surface area contributed by atoms with Gasteiger partial charge in [0.2, 0.25) is 0 Å². The lowest BCUT2D eigenvalue weighted by molar-refractivity contribution is -0.497. The summed E-state index contributed by atoms with van der Waals surface area (Å²) < 4.78 is 2.60. The lowest BCUT2D eigenvalue weighted by atomic mass is 9.43. The second-order valence-electron chi connectivity index (χ2n) is 14.6. The molecule has 0 spiro atoms. The Morgan fingerprint density at radius 1 is 0.879 bits per heavy atom. The number of hydrogen-bond acceptors (Lipinski definition) is 1. The minimum absolute atomic E-state index is 0.309. The van der Waals surface area contributed by atoms with Crippen LogP contribution in [0.5, 0.6) is 0 Å². The molecule has 1 unspecified atom stereocenters. The van der Waals surface area contributed by atoms with Gasteiger partial charge in [0, 0.05) is 6.42 Å². The average molecular weight is 570 g/mol. The fourth-order valence-corrected chi connectivity index (χ4v) is 11.8. The van der Waals surface area contributed by atoms with Gasteiger partial charge >= 0.3 is 0 Å². The molecule has 10 atom stereocenters. The third kappa shape index (κ3) is 4.85. The maximum atomic E-state index is 11.5. The first-order valence-electron chi connectivity index (χ1n) is 14.9. The van der Waals surface area contributed by atoms with Crippen molar-refractivity contribution in [2.75, 3.05) is 4.43 Å². The molecule has 0 aromatic heterocycles. The molecule has 1 heterocycles. The van der Waals surface area contributed by atoms with Crippen molar-refractivity contribution in [1.29, 1.82) is 0 Å². The molecule has 5 fully saturated rings. The van der Waals surface area contributed by atoms with Crippen molar-refractivity contribution in [2.24, 2.45) is 52.3 Å². The van der Waals surface area contributed by atoms with E-state index < -0.39 is 0 Å². The van der Waals surface area contributed by atoms with Crippen molar-refractivity contribution in [3.63, 3.8) is 0 Å². The predicted octanol–water partition coefficient (Wildman–Crippen LogP) is 5.09. The van der Waals surface area contributed by atoms with Crippen molar-refractivity contribution in [1.82, 2.24) is 0 Å². The number of hydrogen-bond donors (Lipinski definition) is 1. The third-order valence-corrected chi connectivity index (χ3v) is 15.1.